The van der Waals surface area contributed by atoms with Crippen molar-refractivity contribution in [2.45, 2.75) is 6.04 Å². The summed E-state index contributed by atoms with van der Waals surface area (Å²) in [6.45, 7) is 1.04. The number of hydrogen-bond acceptors (Lipinski definition) is 6. The molecule has 0 spiro atoms. The van der Waals surface area contributed by atoms with Crippen LogP contribution in [0.4, 0.5) is 17.5 Å². The molecule has 0 aliphatic rings. The van der Waals surface area contributed by atoms with Crippen molar-refractivity contribution in [3.63, 3.8) is 0 Å². The van der Waals surface area contributed by atoms with Crippen molar-refractivity contribution in [3.8, 4) is 0 Å². The van der Waals surface area contributed by atoms with Gasteiger partial charge in [-0.2, -0.15) is 4.98 Å². The van der Waals surface area contributed by atoms with Crippen molar-refractivity contribution in [1.82, 2.24) is 9.97 Å². The molecule has 0 bridgehead atoms. The van der Waals surface area contributed by atoms with Gasteiger partial charge < -0.3 is 21.1 Å². The van der Waals surface area contributed by atoms with Crippen LogP contribution in [0.1, 0.15) is 0 Å². The van der Waals surface area contributed by atoms with E-state index in [0.717, 1.165) is 11.5 Å². The molecule has 24 heavy (non-hydrogen) atoms. The summed E-state index contributed by atoms with van der Waals surface area (Å²) in [6.07, 6.45) is 1.71. The minimum Gasteiger partial charge on any atom is -0.383 e. The summed E-state index contributed by atoms with van der Waals surface area (Å²) in [5.74, 6) is 1.26. The molecule has 0 saturated carbocycles. The number of fused-ring (bicyclic) bond motifs is 1. The van der Waals surface area contributed by atoms with E-state index in [1.165, 1.54) is 10.8 Å². The van der Waals surface area contributed by atoms with E-state index in [1.54, 1.807) is 13.3 Å². The lowest BCUT2D eigenvalue weighted by molar-refractivity contribution is 0.183. The van der Waals surface area contributed by atoms with E-state index in [2.05, 4.69) is 44.9 Å². The van der Waals surface area contributed by atoms with Gasteiger partial charge in [0.05, 0.1) is 6.61 Å². The van der Waals surface area contributed by atoms with Crippen LogP contribution in [0.15, 0.2) is 54.7 Å². The minimum atomic E-state index is -0.101. The second-order valence-electron chi connectivity index (χ2n) is 5.55. The maximum absolute atomic E-state index is 5.89. The van der Waals surface area contributed by atoms with Crippen molar-refractivity contribution in [1.29, 1.82) is 0 Å². The number of nitrogens with two attached hydrogens (primary N) is 1. The number of anilines is 3. The average molecular weight is 323 g/mol. The molecule has 0 amide bonds. The van der Waals surface area contributed by atoms with Gasteiger partial charge in [-0.05, 0) is 29.0 Å². The summed E-state index contributed by atoms with van der Waals surface area (Å²) < 4.78 is 5.01. The monoisotopic (exact) mass is 323 g/mol. The molecule has 2 aromatic carbocycles. The Hall–Kier alpha value is -2.70. The summed E-state index contributed by atoms with van der Waals surface area (Å²) in [7, 11) is 1.63. The molecule has 3 aromatic rings. The van der Waals surface area contributed by atoms with Gasteiger partial charge in [0.2, 0.25) is 5.95 Å². The van der Waals surface area contributed by atoms with Crippen molar-refractivity contribution in [2.75, 3.05) is 30.9 Å². The van der Waals surface area contributed by atoms with E-state index in [-0.39, 0.29) is 6.04 Å². The number of benzene rings is 2. The fourth-order valence-electron chi connectivity index (χ4n) is 2.42. The van der Waals surface area contributed by atoms with E-state index in [1.807, 2.05) is 24.3 Å². The first-order valence-corrected chi connectivity index (χ1v) is 7.82. The third kappa shape index (κ3) is 4.18. The Morgan fingerprint density at radius 2 is 1.96 bits per heavy atom. The zero-order chi connectivity index (χ0) is 16.8. The zero-order valence-corrected chi connectivity index (χ0v) is 13.6. The summed E-state index contributed by atoms with van der Waals surface area (Å²) in [5, 5.41) is 8.81. The highest BCUT2D eigenvalue weighted by molar-refractivity contribution is 5.86. The maximum atomic E-state index is 5.89. The lowest BCUT2D eigenvalue weighted by atomic mass is 10.1. The van der Waals surface area contributed by atoms with E-state index >= 15 is 0 Å². The molecular weight excluding hydrogens is 302 g/mol. The fraction of sp³-hybridized carbons (Fsp3) is 0.222. The Balaban J connectivity index is 1.69. The molecule has 124 valence electrons. The number of methoxy groups -OCH3 is 1. The predicted octanol–water partition coefficient (Wildman–Crippen LogP) is 2.76. The van der Waals surface area contributed by atoms with Crippen LogP contribution in [0.3, 0.4) is 0 Å². The number of ether oxygens (including phenoxy) is 1. The van der Waals surface area contributed by atoms with E-state index in [0.29, 0.717) is 19.1 Å². The Bertz CT molecular complexity index is 808. The van der Waals surface area contributed by atoms with Gasteiger partial charge >= 0.3 is 0 Å². The largest absolute Gasteiger partial charge is 0.383 e. The second-order valence-corrected chi connectivity index (χ2v) is 5.55. The first-order valence-electron chi connectivity index (χ1n) is 7.82. The molecular formula is C18H21N5O. The Morgan fingerprint density at radius 3 is 2.79 bits per heavy atom. The molecule has 0 unspecified atom stereocenters. The van der Waals surface area contributed by atoms with Crippen molar-refractivity contribution in [3.05, 3.63) is 54.7 Å². The standard InChI is InChI=1S/C18H21N5O/c1-24-12-15(19)11-21-18-20-9-8-17(23-18)22-16-7-6-13-4-2-3-5-14(13)10-16/h2-10,15H,11-12,19H2,1H3,(H2,20,21,22,23)/t15-/m1/s1. The van der Waals surface area contributed by atoms with E-state index in [9.17, 15) is 0 Å². The molecule has 1 aromatic heterocycles. The van der Waals surface area contributed by atoms with Gasteiger partial charge in [0, 0.05) is 31.6 Å². The number of nitrogens with zero attached hydrogens (tertiary/aromatic N) is 2. The molecule has 0 radical (unpaired) electrons. The topological polar surface area (TPSA) is 85.1 Å². The van der Waals surface area contributed by atoms with Crippen molar-refractivity contribution >= 4 is 28.2 Å². The highest BCUT2D eigenvalue weighted by Crippen LogP contribution is 2.21. The van der Waals surface area contributed by atoms with E-state index in [4.69, 9.17) is 10.5 Å². The number of rotatable bonds is 7. The second kappa shape index (κ2) is 7.72. The van der Waals surface area contributed by atoms with Crippen LogP contribution in [-0.4, -0.2) is 36.3 Å². The Labute approximate surface area is 141 Å². The summed E-state index contributed by atoms with van der Waals surface area (Å²) in [5.41, 5.74) is 6.87. The average Bonchev–Trinajstić information content (AvgIpc) is 2.60. The molecule has 0 aliphatic carbocycles. The molecule has 6 heteroatoms. The van der Waals surface area contributed by atoms with Crippen LogP contribution in [-0.2, 0) is 4.74 Å². The summed E-state index contributed by atoms with van der Waals surface area (Å²) >= 11 is 0. The zero-order valence-electron chi connectivity index (χ0n) is 13.6. The fourth-order valence-corrected chi connectivity index (χ4v) is 2.42. The normalized spacial score (nSPS) is 12.1. The molecule has 1 atom stereocenters. The van der Waals surface area contributed by atoms with Gasteiger partial charge in [0.25, 0.3) is 0 Å². The molecule has 0 fully saturated rings. The van der Waals surface area contributed by atoms with Gasteiger partial charge in [-0.15, -0.1) is 0 Å². The van der Waals surface area contributed by atoms with Gasteiger partial charge in [-0.25, -0.2) is 4.98 Å². The number of hydrogen-bond donors (Lipinski definition) is 3. The van der Waals surface area contributed by atoms with Crippen LogP contribution in [0.5, 0.6) is 0 Å². The van der Waals surface area contributed by atoms with Gasteiger partial charge in [0.15, 0.2) is 0 Å². The van der Waals surface area contributed by atoms with Crippen molar-refractivity contribution in [2.24, 2.45) is 5.73 Å². The summed E-state index contributed by atoms with van der Waals surface area (Å²) in [6, 6.07) is 16.2. The molecule has 6 nitrogen and oxygen atoms in total. The first kappa shape index (κ1) is 16.2. The minimum absolute atomic E-state index is 0.101. The van der Waals surface area contributed by atoms with Gasteiger partial charge in [0.1, 0.15) is 5.82 Å². The van der Waals surface area contributed by atoms with Gasteiger partial charge in [-0.3, -0.25) is 0 Å². The van der Waals surface area contributed by atoms with Gasteiger partial charge in [-0.1, -0.05) is 30.3 Å². The lowest BCUT2D eigenvalue weighted by Gasteiger charge is -2.12. The number of nitrogens with one attached hydrogen (secondary N) is 2. The highest BCUT2D eigenvalue weighted by Gasteiger charge is 2.04. The lowest BCUT2D eigenvalue weighted by Crippen LogP contribution is -2.33. The molecule has 4 N–H and O–H groups in total. The molecule has 0 saturated heterocycles. The molecule has 0 aliphatic heterocycles. The van der Waals surface area contributed by atoms with Crippen molar-refractivity contribution < 1.29 is 4.74 Å². The van der Waals surface area contributed by atoms with Crippen LogP contribution in [0.2, 0.25) is 0 Å². The Kier molecular flexibility index (Phi) is 5.20. The summed E-state index contributed by atoms with van der Waals surface area (Å²) in [4.78, 5) is 8.65. The maximum Gasteiger partial charge on any atom is 0.224 e. The van der Waals surface area contributed by atoms with Crippen LogP contribution < -0.4 is 16.4 Å². The number of aromatic nitrogens is 2. The van der Waals surface area contributed by atoms with Crippen LogP contribution in [0, 0.1) is 0 Å². The van der Waals surface area contributed by atoms with Crippen LogP contribution in [0.25, 0.3) is 10.8 Å². The first-order chi connectivity index (χ1) is 11.7. The molecule has 3 rings (SSSR count). The quantitative estimate of drug-likeness (QED) is 0.620. The Morgan fingerprint density at radius 1 is 1.12 bits per heavy atom. The van der Waals surface area contributed by atoms with Crippen LogP contribution >= 0.6 is 0 Å². The predicted molar refractivity (Wildman–Crippen MR) is 97.6 cm³/mol. The highest BCUT2D eigenvalue weighted by atomic mass is 16.5. The third-order valence-corrected chi connectivity index (χ3v) is 3.58. The molecule has 1 heterocycles. The smallest absolute Gasteiger partial charge is 0.224 e. The third-order valence-electron chi connectivity index (χ3n) is 3.58. The van der Waals surface area contributed by atoms with E-state index < -0.39 is 0 Å². The SMILES string of the molecule is COC[C@H](N)CNc1nccc(Nc2ccc3ccccc3c2)n1.